The third-order valence-electron chi connectivity index (χ3n) is 3.84. The van der Waals surface area contributed by atoms with Crippen molar-refractivity contribution >= 4 is 0 Å². The molecule has 3 aromatic heterocycles. The summed E-state index contributed by atoms with van der Waals surface area (Å²) >= 11 is 0. The van der Waals surface area contributed by atoms with Crippen LogP contribution in [0.3, 0.4) is 0 Å². The topological polar surface area (TPSA) is 51.6 Å². The van der Waals surface area contributed by atoms with Gasteiger partial charge in [0.1, 0.15) is 6.33 Å². The van der Waals surface area contributed by atoms with Crippen LogP contribution in [0, 0.1) is 0 Å². The molecule has 0 unspecified atom stereocenters. The molecule has 0 aliphatic rings. The molecule has 24 heavy (non-hydrogen) atoms. The number of hydrogen-bond acceptors (Lipinski definition) is 4. The zero-order valence-corrected chi connectivity index (χ0v) is 12.9. The summed E-state index contributed by atoms with van der Waals surface area (Å²) in [7, 11) is 0. The van der Waals surface area contributed by atoms with Gasteiger partial charge in [0.25, 0.3) is 0 Å². The molecule has 0 saturated carbocycles. The lowest BCUT2D eigenvalue weighted by Gasteiger charge is -2.06. The fraction of sp³-hybridized carbons (Fsp3) is 0. The largest absolute Gasteiger partial charge is 0.265 e. The Morgan fingerprint density at radius 1 is 0.458 bits per heavy atom. The first-order valence-electron chi connectivity index (χ1n) is 7.63. The predicted octanol–water partition coefficient (Wildman–Crippen LogP) is 4.27. The molecular weight excluding hydrogens is 296 g/mol. The molecule has 4 heteroatoms. The molecule has 0 amide bonds. The molecule has 0 N–H and O–H groups in total. The zero-order valence-electron chi connectivity index (χ0n) is 12.9. The van der Waals surface area contributed by atoms with Crippen LogP contribution in [0.15, 0.2) is 85.7 Å². The van der Waals surface area contributed by atoms with Crippen LogP contribution in [-0.4, -0.2) is 19.9 Å². The van der Waals surface area contributed by atoms with Gasteiger partial charge in [-0.1, -0.05) is 24.3 Å². The van der Waals surface area contributed by atoms with Gasteiger partial charge in [0.2, 0.25) is 0 Å². The molecular formula is C20H14N4. The predicted molar refractivity (Wildman–Crippen MR) is 93.9 cm³/mol. The van der Waals surface area contributed by atoms with E-state index in [0.717, 1.165) is 33.6 Å². The molecule has 0 fully saturated rings. The summed E-state index contributed by atoms with van der Waals surface area (Å²) < 4.78 is 0. The van der Waals surface area contributed by atoms with E-state index in [4.69, 9.17) is 0 Å². The van der Waals surface area contributed by atoms with E-state index in [-0.39, 0.29) is 0 Å². The molecule has 0 bridgehead atoms. The molecule has 3 heterocycles. The van der Waals surface area contributed by atoms with Crippen molar-refractivity contribution in [2.45, 2.75) is 0 Å². The van der Waals surface area contributed by atoms with Gasteiger partial charge >= 0.3 is 0 Å². The van der Waals surface area contributed by atoms with Crippen molar-refractivity contribution in [3.63, 3.8) is 0 Å². The highest BCUT2D eigenvalue weighted by Gasteiger charge is 2.05. The van der Waals surface area contributed by atoms with E-state index in [9.17, 15) is 0 Å². The molecule has 4 aromatic rings. The molecule has 114 valence electrons. The number of benzene rings is 1. The maximum absolute atomic E-state index is 4.40. The average molecular weight is 310 g/mol. The lowest BCUT2D eigenvalue weighted by Crippen LogP contribution is -1.89. The highest BCUT2D eigenvalue weighted by molar-refractivity contribution is 5.71. The fourth-order valence-electron chi connectivity index (χ4n) is 2.57. The Labute approximate surface area is 139 Å². The third kappa shape index (κ3) is 2.90. The minimum absolute atomic E-state index is 0.889. The van der Waals surface area contributed by atoms with Crippen molar-refractivity contribution in [1.29, 1.82) is 0 Å². The summed E-state index contributed by atoms with van der Waals surface area (Å²) in [6.45, 7) is 0. The van der Waals surface area contributed by atoms with Crippen LogP contribution in [-0.2, 0) is 0 Å². The number of aromatic nitrogens is 4. The first kappa shape index (κ1) is 14.2. The fourth-order valence-corrected chi connectivity index (χ4v) is 2.57. The van der Waals surface area contributed by atoms with Crippen molar-refractivity contribution in [3.8, 4) is 33.6 Å². The highest BCUT2D eigenvalue weighted by Crippen LogP contribution is 2.25. The summed E-state index contributed by atoms with van der Waals surface area (Å²) in [6, 6.07) is 18.2. The Morgan fingerprint density at radius 3 is 1.46 bits per heavy atom. The van der Waals surface area contributed by atoms with Crippen molar-refractivity contribution in [2.24, 2.45) is 0 Å². The molecule has 4 rings (SSSR count). The van der Waals surface area contributed by atoms with Crippen LogP contribution in [0.2, 0.25) is 0 Å². The summed E-state index contributed by atoms with van der Waals surface area (Å²) in [5, 5.41) is 0. The summed E-state index contributed by atoms with van der Waals surface area (Å²) in [6.07, 6.45) is 8.73. The molecule has 0 spiro atoms. The second kappa shape index (κ2) is 6.38. The molecule has 0 aliphatic heterocycles. The monoisotopic (exact) mass is 310 g/mol. The smallest absolute Gasteiger partial charge is 0.116 e. The maximum Gasteiger partial charge on any atom is 0.116 e. The van der Waals surface area contributed by atoms with Gasteiger partial charge in [0, 0.05) is 35.9 Å². The molecule has 1 aromatic carbocycles. The van der Waals surface area contributed by atoms with Gasteiger partial charge < -0.3 is 0 Å². The number of hydrogen-bond donors (Lipinski definition) is 0. The van der Waals surface area contributed by atoms with Gasteiger partial charge in [0.05, 0.1) is 11.4 Å². The molecule has 0 radical (unpaired) electrons. The first-order chi connectivity index (χ1) is 11.9. The Hall–Kier alpha value is -3.40. The average Bonchev–Trinajstić information content (AvgIpc) is 2.70. The van der Waals surface area contributed by atoms with Crippen molar-refractivity contribution < 1.29 is 0 Å². The quantitative estimate of drug-likeness (QED) is 0.567. The van der Waals surface area contributed by atoms with Crippen LogP contribution in [0.1, 0.15) is 0 Å². The lowest BCUT2D eigenvalue weighted by atomic mass is 10.0. The standard InChI is InChI=1S/C20H14N4/c1-3-17(4-2-15(1)16-5-9-21-10-6-16)19-13-20(24-14-23-19)18-7-11-22-12-8-18/h1-14H. The van der Waals surface area contributed by atoms with E-state index in [0.29, 0.717) is 0 Å². The Morgan fingerprint density at radius 2 is 0.875 bits per heavy atom. The highest BCUT2D eigenvalue weighted by atomic mass is 14.8. The van der Waals surface area contributed by atoms with Crippen LogP contribution in [0.25, 0.3) is 33.6 Å². The van der Waals surface area contributed by atoms with E-state index in [1.165, 1.54) is 0 Å². The number of pyridine rings is 2. The number of nitrogens with zero attached hydrogens (tertiary/aromatic N) is 4. The molecule has 4 nitrogen and oxygen atoms in total. The van der Waals surface area contributed by atoms with E-state index in [2.05, 4.69) is 44.2 Å². The summed E-state index contributed by atoms with van der Waals surface area (Å²) in [5.41, 5.74) is 6.19. The van der Waals surface area contributed by atoms with Crippen LogP contribution in [0.5, 0.6) is 0 Å². The van der Waals surface area contributed by atoms with Gasteiger partial charge in [-0.3, -0.25) is 9.97 Å². The lowest BCUT2D eigenvalue weighted by molar-refractivity contribution is 1.17. The second-order valence-corrected chi connectivity index (χ2v) is 5.34. The minimum atomic E-state index is 0.889. The van der Waals surface area contributed by atoms with Gasteiger partial charge in [-0.2, -0.15) is 0 Å². The van der Waals surface area contributed by atoms with Crippen molar-refractivity contribution in [2.75, 3.05) is 0 Å². The van der Waals surface area contributed by atoms with E-state index >= 15 is 0 Å². The van der Waals surface area contributed by atoms with Crippen LogP contribution in [0.4, 0.5) is 0 Å². The van der Waals surface area contributed by atoms with E-state index in [1.807, 2.05) is 30.3 Å². The Balaban J connectivity index is 1.67. The SMILES string of the molecule is c1cc(-c2ccc(-c3cc(-c4ccncc4)ncn3)cc2)ccn1. The van der Waals surface area contributed by atoms with Crippen molar-refractivity contribution in [1.82, 2.24) is 19.9 Å². The van der Waals surface area contributed by atoms with Crippen LogP contribution >= 0.6 is 0 Å². The minimum Gasteiger partial charge on any atom is -0.265 e. The Bertz CT molecular complexity index is 936. The van der Waals surface area contributed by atoms with Gasteiger partial charge in [-0.05, 0) is 41.5 Å². The zero-order chi connectivity index (χ0) is 16.2. The summed E-state index contributed by atoms with van der Waals surface area (Å²) in [5.74, 6) is 0. The molecule has 0 aliphatic carbocycles. The molecule has 0 saturated heterocycles. The summed E-state index contributed by atoms with van der Waals surface area (Å²) in [4.78, 5) is 16.9. The Kier molecular flexibility index (Phi) is 3.78. The van der Waals surface area contributed by atoms with Gasteiger partial charge in [-0.25, -0.2) is 9.97 Å². The van der Waals surface area contributed by atoms with Gasteiger partial charge in [0.15, 0.2) is 0 Å². The van der Waals surface area contributed by atoms with E-state index in [1.54, 1.807) is 31.1 Å². The number of rotatable bonds is 3. The third-order valence-corrected chi connectivity index (χ3v) is 3.84. The van der Waals surface area contributed by atoms with Crippen molar-refractivity contribution in [3.05, 3.63) is 85.7 Å². The first-order valence-corrected chi connectivity index (χ1v) is 7.63. The van der Waals surface area contributed by atoms with E-state index < -0.39 is 0 Å². The van der Waals surface area contributed by atoms with Gasteiger partial charge in [-0.15, -0.1) is 0 Å². The molecule has 0 atom stereocenters. The van der Waals surface area contributed by atoms with Crippen LogP contribution < -0.4 is 0 Å². The normalized spacial score (nSPS) is 10.5. The second-order valence-electron chi connectivity index (χ2n) is 5.34. The maximum atomic E-state index is 4.40.